The summed E-state index contributed by atoms with van der Waals surface area (Å²) in [6.07, 6.45) is 3.21. The lowest BCUT2D eigenvalue weighted by Crippen LogP contribution is -2.14. The van der Waals surface area contributed by atoms with Crippen molar-refractivity contribution in [3.05, 3.63) is 22.1 Å². The van der Waals surface area contributed by atoms with Crippen LogP contribution in [0.1, 0.15) is 13.8 Å². The van der Waals surface area contributed by atoms with Crippen LogP contribution in [0.4, 0.5) is 0 Å². The molecule has 0 bridgehead atoms. The van der Waals surface area contributed by atoms with Gasteiger partial charge in [0.15, 0.2) is 11.6 Å². The van der Waals surface area contributed by atoms with E-state index in [1.165, 1.54) is 17.8 Å². The second kappa shape index (κ2) is 3.27. The largest absolute Gasteiger partial charge is 0.289 e. The Morgan fingerprint density at radius 1 is 1.25 bits per heavy atom. The van der Waals surface area contributed by atoms with Gasteiger partial charge in [-0.1, -0.05) is 0 Å². The summed E-state index contributed by atoms with van der Waals surface area (Å²) in [5, 5.41) is 0. The summed E-state index contributed by atoms with van der Waals surface area (Å²) in [7, 11) is 0. The minimum atomic E-state index is -0.0444. The van der Waals surface area contributed by atoms with E-state index in [-0.39, 0.29) is 11.6 Å². The first-order valence-corrected chi connectivity index (χ1v) is 4.82. The molecule has 0 aromatic carbocycles. The van der Waals surface area contributed by atoms with Gasteiger partial charge in [0, 0.05) is 11.1 Å². The second-order valence-electron chi connectivity index (χ2n) is 2.68. The fraction of sp³-hybridized carbons (Fsp3) is 0.333. The van der Waals surface area contributed by atoms with Crippen LogP contribution in [0.15, 0.2) is 22.1 Å². The molecule has 1 aliphatic carbocycles. The highest BCUT2D eigenvalue weighted by Gasteiger charge is 2.22. The predicted molar refractivity (Wildman–Crippen MR) is 50.0 cm³/mol. The van der Waals surface area contributed by atoms with Gasteiger partial charge in [0.25, 0.3) is 0 Å². The number of carbonyl (C=O) groups is 2. The van der Waals surface area contributed by atoms with E-state index in [1.807, 2.05) is 0 Å². The van der Waals surface area contributed by atoms with E-state index in [0.29, 0.717) is 16.1 Å². The predicted octanol–water partition coefficient (Wildman–Crippen LogP) is 1.72. The van der Waals surface area contributed by atoms with Crippen LogP contribution in [-0.4, -0.2) is 17.8 Å². The molecule has 1 rings (SSSR count). The molecular formula is C9H10O2S. The van der Waals surface area contributed by atoms with Gasteiger partial charge in [0.2, 0.25) is 0 Å². The van der Waals surface area contributed by atoms with Gasteiger partial charge >= 0.3 is 0 Å². The van der Waals surface area contributed by atoms with Gasteiger partial charge in [0.05, 0.1) is 4.91 Å². The fourth-order valence-corrected chi connectivity index (χ4v) is 1.82. The summed E-state index contributed by atoms with van der Waals surface area (Å²) < 4.78 is 0. The smallest absolute Gasteiger partial charge is 0.192 e. The first-order valence-electron chi connectivity index (χ1n) is 3.60. The van der Waals surface area contributed by atoms with Crippen LogP contribution in [0, 0.1) is 0 Å². The molecule has 0 saturated carbocycles. The molecule has 0 spiro atoms. The zero-order chi connectivity index (χ0) is 9.30. The molecule has 0 aliphatic heterocycles. The Bertz CT molecular complexity index is 310. The van der Waals surface area contributed by atoms with Gasteiger partial charge in [-0.3, -0.25) is 9.59 Å². The van der Waals surface area contributed by atoms with E-state index in [2.05, 4.69) is 0 Å². The van der Waals surface area contributed by atoms with Gasteiger partial charge < -0.3 is 0 Å². The van der Waals surface area contributed by atoms with Crippen LogP contribution in [0.25, 0.3) is 0 Å². The Labute approximate surface area is 75.7 Å². The lowest BCUT2D eigenvalue weighted by atomic mass is 9.98. The molecule has 0 aromatic rings. The lowest BCUT2D eigenvalue weighted by molar-refractivity contribution is -0.115. The molecule has 2 nitrogen and oxygen atoms in total. The van der Waals surface area contributed by atoms with E-state index < -0.39 is 0 Å². The van der Waals surface area contributed by atoms with Gasteiger partial charge in [0.1, 0.15) is 0 Å². The van der Waals surface area contributed by atoms with Crippen molar-refractivity contribution in [2.24, 2.45) is 0 Å². The van der Waals surface area contributed by atoms with Crippen LogP contribution in [0.3, 0.4) is 0 Å². The Morgan fingerprint density at radius 3 is 2.33 bits per heavy atom. The average Bonchev–Trinajstić information content (AvgIpc) is 2.01. The second-order valence-corrected chi connectivity index (χ2v) is 3.50. The van der Waals surface area contributed by atoms with Crippen molar-refractivity contribution in [3.8, 4) is 0 Å². The van der Waals surface area contributed by atoms with E-state index in [9.17, 15) is 9.59 Å². The van der Waals surface area contributed by atoms with Crippen LogP contribution < -0.4 is 0 Å². The highest BCUT2D eigenvalue weighted by molar-refractivity contribution is 8.03. The van der Waals surface area contributed by atoms with Crippen molar-refractivity contribution < 1.29 is 9.59 Å². The molecule has 0 heterocycles. The van der Waals surface area contributed by atoms with Crippen LogP contribution in [0.5, 0.6) is 0 Å². The molecule has 0 N–H and O–H groups in total. The number of Topliss-reactive ketones (excluding diaryl/α,β-unsaturated/α-hetero) is 1. The molecule has 0 saturated heterocycles. The van der Waals surface area contributed by atoms with E-state index in [4.69, 9.17) is 0 Å². The van der Waals surface area contributed by atoms with Crippen LogP contribution >= 0.6 is 11.8 Å². The van der Waals surface area contributed by atoms with Crippen molar-refractivity contribution >= 4 is 23.3 Å². The third-order valence-electron chi connectivity index (χ3n) is 1.81. The molecule has 0 atom stereocenters. The Hall–Kier alpha value is -0.830. The number of hydrogen-bond donors (Lipinski definition) is 0. The number of hydrogen-bond acceptors (Lipinski definition) is 3. The highest BCUT2D eigenvalue weighted by Crippen LogP contribution is 2.25. The maximum atomic E-state index is 11.3. The average molecular weight is 182 g/mol. The normalized spacial score (nSPS) is 18.4. The topological polar surface area (TPSA) is 34.1 Å². The van der Waals surface area contributed by atoms with Gasteiger partial charge in [-0.15, -0.1) is 11.8 Å². The fourth-order valence-electron chi connectivity index (χ4n) is 1.17. The number of carbonyl (C=O) groups excluding carboxylic acids is 2. The Morgan fingerprint density at radius 2 is 1.83 bits per heavy atom. The monoisotopic (exact) mass is 182 g/mol. The first kappa shape index (κ1) is 9.26. The molecule has 3 heteroatoms. The van der Waals surface area contributed by atoms with Crippen LogP contribution in [-0.2, 0) is 9.59 Å². The SMILES string of the molecule is CSC1=C(C)C(=O)C(C)=CC1=O. The summed E-state index contributed by atoms with van der Waals surface area (Å²) in [5.74, 6) is -0.0592. The van der Waals surface area contributed by atoms with E-state index >= 15 is 0 Å². The number of ketones is 2. The number of thioether (sulfide) groups is 1. The highest BCUT2D eigenvalue weighted by atomic mass is 32.2. The van der Waals surface area contributed by atoms with E-state index in [1.54, 1.807) is 20.1 Å². The van der Waals surface area contributed by atoms with Crippen molar-refractivity contribution in [2.45, 2.75) is 13.8 Å². The molecule has 64 valence electrons. The van der Waals surface area contributed by atoms with E-state index in [0.717, 1.165) is 0 Å². The minimum Gasteiger partial charge on any atom is -0.289 e. The van der Waals surface area contributed by atoms with Gasteiger partial charge in [-0.25, -0.2) is 0 Å². The van der Waals surface area contributed by atoms with Gasteiger partial charge in [-0.2, -0.15) is 0 Å². The summed E-state index contributed by atoms with van der Waals surface area (Å²) in [4.78, 5) is 23.2. The van der Waals surface area contributed by atoms with Crippen molar-refractivity contribution in [1.82, 2.24) is 0 Å². The van der Waals surface area contributed by atoms with Gasteiger partial charge in [-0.05, 0) is 26.2 Å². The molecular weight excluding hydrogens is 172 g/mol. The molecule has 0 fully saturated rings. The molecule has 0 aromatic heterocycles. The molecule has 12 heavy (non-hydrogen) atoms. The number of allylic oxidation sites excluding steroid dienone is 4. The van der Waals surface area contributed by atoms with Crippen molar-refractivity contribution in [3.63, 3.8) is 0 Å². The summed E-state index contributed by atoms with van der Waals surface area (Å²) >= 11 is 1.33. The first-order chi connectivity index (χ1) is 5.57. The standard InChI is InChI=1S/C9H10O2S/c1-5-4-7(10)9(12-3)6(2)8(5)11/h4H,1-3H3. The van der Waals surface area contributed by atoms with Crippen LogP contribution in [0.2, 0.25) is 0 Å². The Balaban J connectivity index is 3.17. The number of rotatable bonds is 1. The zero-order valence-corrected chi connectivity index (χ0v) is 8.12. The molecule has 0 amide bonds. The van der Waals surface area contributed by atoms with Crippen molar-refractivity contribution in [1.29, 1.82) is 0 Å². The van der Waals surface area contributed by atoms with Crippen molar-refractivity contribution in [2.75, 3.05) is 6.26 Å². The third kappa shape index (κ3) is 1.37. The summed E-state index contributed by atoms with van der Waals surface area (Å²) in [6.45, 7) is 3.36. The molecule has 0 unspecified atom stereocenters. The maximum Gasteiger partial charge on any atom is 0.192 e. The maximum absolute atomic E-state index is 11.3. The molecule has 1 aliphatic rings. The summed E-state index contributed by atoms with van der Waals surface area (Å²) in [5.41, 5.74) is 1.11. The summed E-state index contributed by atoms with van der Waals surface area (Å²) in [6, 6.07) is 0. The zero-order valence-electron chi connectivity index (χ0n) is 7.30. The quantitative estimate of drug-likeness (QED) is 0.579. The third-order valence-corrected chi connectivity index (χ3v) is 2.73. The molecule has 0 radical (unpaired) electrons. The Kier molecular flexibility index (Phi) is 2.52. The minimum absolute atomic E-state index is 0.0149. The lowest BCUT2D eigenvalue weighted by Gasteiger charge is -2.11.